The van der Waals surface area contributed by atoms with E-state index in [0.717, 1.165) is 23.9 Å². The van der Waals surface area contributed by atoms with Gasteiger partial charge in [-0.05, 0) is 32.6 Å². The lowest BCUT2D eigenvalue weighted by molar-refractivity contribution is -0.385. The van der Waals surface area contributed by atoms with Crippen LogP contribution in [-0.4, -0.2) is 55.4 Å². The number of rotatable bonds is 8. The lowest BCUT2D eigenvalue weighted by Crippen LogP contribution is -2.42. The molecule has 1 aromatic rings. The van der Waals surface area contributed by atoms with Crippen LogP contribution in [0.25, 0.3) is 0 Å². The van der Waals surface area contributed by atoms with Crippen molar-refractivity contribution in [2.75, 3.05) is 30.9 Å². The van der Waals surface area contributed by atoms with E-state index < -0.39 is 42.1 Å². The van der Waals surface area contributed by atoms with Crippen molar-refractivity contribution in [3.8, 4) is 6.07 Å². The summed E-state index contributed by atoms with van der Waals surface area (Å²) in [6.45, 7) is 5.58. The van der Waals surface area contributed by atoms with Crippen LogP contribution in [0.1, 0.15) is 38.1 Å². The molecule has 0 saturated carbocycles. The minimum absolute atomic E-state index is 0.0572. The van der Waals surface area contributed by atoms with Crippen LogP contribution in [-0.2, 0) is 14.6 Å². The standard InChI is InChI=1S/C19H24FN5O5S2/c1-5-7-13(20)14(6-2)32(28,29)15(10-21)16-17(25(26)27)18(23-19(22-16)31-4)24-8-9-30-12(3)11-24/h6-7,12,15H,5,8-9,11H2,1-4H3/b13-7+,14-6+. The van der Waals surface area contributed by atoms with Gasteiger partial charge in [0.2, 0.25) is 20.9 Å². The summed E-state index contributed by atoms with van der Waals surface area (Å²) in [6, 6.07) is 1.59. The minimum Gasteiger partial charge on any atom is -0.375 e. The molecule has 2 rings (SSSR count). The van der Waals surface area contributed by atoms with Crippen LogP contribution < -0.4 is 4.90 Å². The molecule has 1 aromatic heterocycles. The fraction of sp³-hybridized carbons (Fsp3) is 0.526. The average Bonchev–Trinajstić information content (AvgIpc) is 2.73. The number of nitriles is 1. The normalized spacial score (nSPS) is 18.9. The molecule has 0 amide bonds. The number of ether oxygens (including phenoxy) is 1. The number of halogens is 1. The van der Waals surface area contributed by atoms with E-state index >= 15 is 0 Å². The largest absolute Gasteiger partial charge is 0.375 e. The lowest BCUT2D eigenvalue weighted by atomic mass is 10.2. The van der Waals surface area contributed by atoms with E-state index in [1.54, 1.807) is 31.1 Å². The zero-order chi connectivity index (χ0) is 24.1. The Labute approximate surface area is 190 Å². The first kappa shape index (κ1) is 25.7. The van der Waals surface area contributed by atoms with Gasteiger partial charge in [0.05, 0.1) is 28.6 Å². The summed E-state index contributed by atoms with van der Waals surface area (Å²) in [7, 11) is -4.67. The number of hydrogen-bond donors (Lipinski definition) is 0. The van der Waals surface area contributed by atoms with Gasteiger partial charge in [-0.2, -0.15) is 10.2 Å². The predicted molar refractivity (Wildman–Crippen MR) is 119 cm³/mol. The first-order valence-electron chi connectivity index (χ1n) is 9.74. The van der Waals surface area contributed by atoms with E-state index in [1.807, 2.05) is 0 Å². The number of nitro groups is 1. The molecule has 1 aliphatic rings. The van der Waals surface area contributed by atoms with Crippen LogP contribution in [0, 0.1) is 21.4 Å². The predicted octanol–water partition coefficient (Wildman–Crippen LogP) is 3.48. The summed E-state index contributed by atoms with van der Waals surface area (Å²) < 4.78 is 46.4. The van der Waals surface area contributed by atoms with Crippen molar-refractivity contribution >= 4 is 33.1 Å². The Bertz CT molecular complexity index is 1080. The van der Waals surface area contributed by atoms with Crippen molar-refractivity contribution in [1.82, 2.24) is 9.97 Å². The maximum absolute atomic E-state index is 14.5. The highest BCUT2D eigenvalue weighted by molar-refractivity contribution is 7.98. The molecule has 2 unspecified atom stereocenters. The molecule has 13 heteroatoms. The lowest BCUT2D eigenvalue weighted by Gasteiger charge is -2.32. The number of thioether (sulfide) groups is 1. The van der Waals surface area contributed by atoms with Crippen LogP contribution in [0.15, 0.2) is 28.0 Å². The molecule has 174 valence electrons. The molecule has 0 bridgehead atoms. The van der Waals surface area contributed by atoms with Gasteiger partial charge in [0.1, 0.15) is 5.83 Å². The number of anilines is 1. The van der Waals surface area contributed by atoms with E-state index in [1.165, 1.54) is 6.92 Å². The molecule has 32 heavy (non-hydrogen) atoms. The van der Waals surface area contributed by atoms with E-state index in [9.17, 15) is 28.2 Å². The first-order valence-corrected chi connectivity index (χ1v) is 12.5. The highest BCUT2D eigenvalue weighted by atomic mass is 32.2. The molecule has 0 N–H and O–H groups in total. The van der Waals surface area contributed by atoms with Gasteiger partial charge in [-0.25, -0.2) is 17.8 Å². The Balaban J connectivity index is 2.79. The third-order valence-corrected chi connectivity index (χ3v) is 7.18. The number of allylic oxidation sites excluding steroid dienone is 3. The number of morpholine rings is 1. The van der Waals surface area contributed by atoms with E-state index in [2.05, 4.69) is 9.97 Å². The van der Waals surface area contributed by atoms with Crippen molar-refractivity contribution in [1.29, 1.82) is 5.26 Å². The third kappa shape index (κ3) is 5.25. The highest BCUT2D eigenvalue weighted by Crippen LogP contribution is 2.40. The second kappa shape index (κ2) is 10.8. The quantitative estimate of drug-likeness (QED) is 0.177. The van der Waals surface area contributed by atoms with Gasteiger partial charge in [-0.15, -0.1) is 0 Å². The number of hydrogen-bond acceptors (Lipinski definition) is 10. The molecule has 0 aromatic carbocycles. The summed E-state index contributed by atoms with van der Waals surface area (Å²) >= 11 is 1.04. The maximum Gasteiger partial charge on any atom is 0.335 e. The summed E-state index contributed by atoms with van der Waals surface area (Å²) in [4.78, 5) is 20.4. The van der Waals surface area contributed by atoms with E-state index in [-0.39, 0.29) is 36.6 Å². The van der Waals surface area contributed by atoms with Crippen LogP contribution in [0.3, 0.4) is 0 Å². The first-order chi connectivity index (χ1) is 15.1. The Hall–Kier alpha value is -2.56. The van der Waals surface area contributed by atoms with Gasteiger partial charge < -0.3 is 9.64 Å². The minimum atomic E-state index is -4.67. The molecule has 2 heterocycles. The molecule has 2 atom stereocenters. The van der Waals surface area contributed by atoms with Gasteiger partial charge in [0, 0.05) is 13.1 Å². The highest BCUT2D eigenvalue weighted by Gasteiger charge is 2.42. The molecule has 0 radical (unpaired) electrons. The Kier molecular flexibility index (Phi) is 8.71. The molecule has 1 saturated heterocycles. The van der Waals surface area contributed by atoms with Crippen LogP contribution in [0.2, 0.25) is 0 Å². The molecule has 0 aliphatic carbocycles. The Morgan fingerprint density at radius 1 is 1.53 bits per heavy atom. The van der Waals surface area contributed by atoms with E-state index in [0.29, 0.717) is 6.61 Å². The van der Waals surface area contributed by atoms with E-state index in [4.69, 9.17) is 4.74 Å². The second-order valence-electron chi connectivity index (χ2n) is 6.82. The smallest absolute Gasteiger partial charge is 0.335 e. The van der Waals surface area contributed by atoms with Crippen LogP contribution in [0.4, 0.5) is 15.9 Å². The summed E-state index contributed by atoms with van der Waals surface area (Å²) in [6.07, 6.45) is 3.68. The Morgan fingerprint density at radius 2 is 2.22 bits per heavy atom. The van der Waals surface area contributed by atoms with Gasteiger partial charge in [0.25, 0.3) is 0 Å². The van der Waals surface area contributed by atoms with Gasteiger partial charge >= 0.3 is 5.69 Å². The van der Waals surface area contributed by atoms with Gasteiger partial charge in [0.15, 0.2) is 10.9 Å². The van der Waals surface area contributed by atoms with Crippen molar-refractivity contribution in [3.63, 3.8) is 0 Å². The maximum atomic E-state index is 14.5. The second-order valence-corrected chi connectivity index (χ2v) is 9.59. The van der Waals surface area contributed by atoms with Crippen molar-refractivity contribution in [2.24, 2.45) is 0 Å². The summed E-state index contributed by atoms with van der Waals surface area (Å²) in [5.41, 5.74) is -1.28. The van der Waals surface area contributed by atoms with Crippen LogP contribution >= 0.6 is 11.8 Å². The SMILES string of the molecule is C/C=C(\C(F)=C/CC)S(=O)(=O)C(C#N)c1nc(SC)nc(N2CCOC(C)C2)c1[N+](=O)[O-]. The fourth-order valence-corrected chi connectivity index (χ4v) is 5.14. The number of sulfone groups is 1. The molecule has 1 aliphatic heterocycles. The van der Waals surface area contributed by atoms with Crippen molar-refractivity contribution < 1.29 is 22.5 Å². The third-order valence-electron chi connectivity index (χ3n) is 4.64. The van der Waals surface area contributed by atoms with Crippen molar-refractivity contribution in [3.05, 3.63) is 38.7 Å². The topological polar surface area (TPSA) is 139 Å². The molecule has 1 fully saturated rings. The fourth-order valence-electron chi connectivity index (χ4n) is 3.24. The van der Waals surface area contributed by atoms with Crippen LogP contribution in [0.5, 0.6) is 0 Å². The summed E-state index contributed by atoms with van der Waals surface area (Å²) in [5.74, 6) is -1.12. The average molecular weight is 486 g/mol. The van der Waals surface area contributed by atoms with Gasteiger partial charge in [-0.1, -0.05) is 24.8 Å². The monoisotopic (exact) mass is 485 g/mol. The Morgan fingerprint density at radius 3 is 2.72 bits per heavy atom. The molecular formula is C19H24FN5O5S2. The molecular weight excluding hydrogens is 461 g/mol. The van der Waals surface area contributed by atoms with Gasteiger partial charge in [-0.3, -0.25) is 10.1 Å². The summed E-state index contributed by atoms with van der Waals surface area (Å²) in [5, 5.41) is 19.8. The number of nitrogens with zero attached hydrogens (tertiary/aromatic N) is 5. The molecule has 0 spiro atoms. The zero-order valence-electron chi connectivity index (χ0n) is 18.1. The zero-order valence-corrected chi connectivity index (χ0v) is 19.7. The molecule has 10 nitrogen and oxygen atoms in total. The van der Waals surface area contributed by atoms with Crippen molar-refractivity contribution in [2.45, 2.75) is 43.7 Å². The number of aromatic nitrogens is 2.